The molecule has 2 nitrogen and oxygen atoms in total. The average molecular weight is 418 g/mol. The Balaban J connectivity index is 2.83. The van der Waals surface area contributed by atoms with Crippen molar-refractivity contribution < 1.29 is 5.11 Å². The molecular formula is C29H39NO. The van der Waals surface area contributed by atoms with Gasteiger partial charge in [0.15, 0.2) is 5.76 Å². The van der Waals surface area contributed by atoms with E-state index in [1.54, 1.807) is 6.20 Å². The van der Waals surface area contributed by atoms with Gasteiger partial charge in [-0.3, -0.25) is 0 Å². The third kappa shape index (κ3) is 6.41. The Morgan fingerprint density at radius 2 is 2.00 bits per heavy atom. The second kappa shape index (κ2) is 11.7. The van der Waals surface area contributed by atoms with E-state index < -0.39 is 0 Å². The first kappa shape index (κ1) is 24.6. The highest BCUT2D eigenvalue weighted by Gasteiger charge is 2.31. The Morgan fingerprint density at radius 3 is 2.48 bits per heavy atom. The number of rotatable bonds is 11. The third-order valence-electron chi connectivity index (χ3n) is 6.29. The molecule has 1 atom stereocenters. The number of hydrogen-bond donors (Lipinski definition) is 2. The van der Waals surface area contributed by atoms with Crippen LogP contribution in [0.15, 0.2) is 94.9 Å². The molecule has 0 heterocycles. The second-order valence-corrected chi connectivity index (χ2v) is 8.95. The van der Waals surface area contributed by atoms with E-state index in [0.29, 0.717) is 17.8 Å². The van der Waals surface area contributed by atoms with Crippen molar-refractivity contribution in [2.75, 3.05) is 0 Å². The van der Waals surface area contributed by atoms with Gasteiger partial charge in [-0.15, -0.1) is 5.73 Å². The topological polar surface area (TPSA) is 32.3 Å². The summed E-state index contributed by atoms with van der Waals surface area (Å²) in [5, 5.41) is 14.1. The van der Waals surface area contributed by atoms with Gasteiger partial charge in [-0.25, -0.2) is 0 Å². The number of allylic oxidation sites excluding steroid dienone is 8. The number of aliphatic hydroxyl groups excluding tert-OH is 1. The van der Waals surface area contributed by atoms with Gasteiger partial charge < -0.3 is 10.4 Å². The summed E-state index contributed by atoms with van der Waals surface area (Å²) in [5.41, 5.74) is 12.8. The van der Waals surface area contributed by atoms with Crippen molar-refractivity contribution in [1.29, 1.82) is 0 Å². The lowest BCUT2D eigenvalue weighted by atomic mass is 9.79. The van der Waals surface area contributed by atoms with Crippen molar-refractivity contribution in [1.82, 2.24) is 5.32 Å². The Kier molecular flexibility index (Phi) is 9.25. The Hall–Kier alpha value is -2.66. The Morgan fingerprint density at radius 1 is 1.29 bits per heavy atom. The predicted molar refractivity (Wildman–Crippen MR) is 133 cm³/mol. The smallest absolute Gasteiger partial charge is 0.162 e. The predicted octanol–water partition coefficient (Wildman–Crippen LogP) is 7.99. The van der Waals surface area contributed by atoms with Crippen LogP contribution in [0.2, 0.25) is 0 Å². The maximum absolute atomic E-state index is 10.6. The molecule has 2 rings (SSSR count). The average Bonchev–Trinajstić information content (AvgIpc) is 3.59. The molecule has 0 radical (unpaired) electrons. The van der Waals surface area contributed by atoms with Crippen LogP contribution in [-0.4, -0.2) is 5.11 Å². The van der Waals surface area contributed by atoms with Crippen LogP contribution >= 0.6 is 0 Å². The molecule has 0 saturated heterocycles. The highest BCUT2D eigenvalue weighted by atomic mass is 16.3. The molecule has 0 bridgehead atoms. The van der Waals surface area contributed by atoms with Crippen LogP contribution in [-0.2, 0) is 0 Å². The standard InChI is InChI=1S/C29H39NO/c1-8-12-24(20(5)6)27(19-26(23-14-15-23)28(31)11-4)29(30-17-9-2)25-16-13-22(10-3)18-21(25)7/h10,17-20,23-24,30-31H,2-4,8,12-16H2,1,5-7H3/b26-19+,29-27+. The van der Waals surface area contributed by atoms with E-state index in [4.69, 9.17) is 0 Å². The lowest BCUT2D eigenvalue weighted by Crippen LogP contribution is -2.20. The molecule has 2 N–H and O–H groups in total. The van der Waals surface area contributed by atoms with Crippen molar-refractivity contribution in [3.8, 4) is 0 Å². The molecule has 166 valence electrons. The zero-order chi connectivity index (χ0) is 23.0. The number of aliphatic hydroxyl groups is 1. The summed E-state index contributed by atoms with van der Waals surface area (Å²) in [5.74, 6) is 1.40. The third-order valence-corrected chi connectivity index (χ3v) is 6.29. The van der Waals surface area contributed by atoms with Crippen molar-refractivity contribution in [3.63, 3.8) is 0 Å². The SMILES string of the molecule is C=C=CN/C(C1=C(C)C=C(C=C)CC1)=C(\C=C(\C(O)=C=C)C1CC1)C(CCC)C(C)C. The zero-order valence-corrected chi connectivity index (χ0v) is 19.9. The summed E-state index contributed by atoms with van der Waals surface area (Å²) in [6.07, 6.45) is 14.5. The van der Waals surface area contributed by atoms with Crippen molar-refractivity contribution in [2.45, 2.75) is 66.2 Å². The van der Waals surface area contributed by atoms with Gasteiger partial charge in [0.25, 0.3) is 0 Å². The normalized spacial score (nSPS) is 18.5. The first-order valence-electron chi connectivity index (χ1n) is 11.6. The molecule has 0 amide bonds. The largest absolute Gasteiger partial charge is 0.501 e. The fourth-order valence-electron chi connectivity index (χ4n) is 4.42. The van der Waals surface area contributed by atoms with Gasteiger partial charge in [0, 0.05) is 17.5 Å². The van der Waals surface area contributed by atoms with Gasteiger partial charge in [0.05, 0.1) is 0 Å². The Bertz CT molecular complexity index is 904. The summed E-state index contributed by atoms with van der Waals surface area (Å²) < 4.78 is 0. The molecule has 0 aliphatic heterocycles. The quantitative estimate of drug-likeness (QED) is 0.203. The molecule has 2 heteroatoms. The highest BCUT2D eigenvalue weighted by Crippen LogP contribution is 2.42. The van der Waals surface area contributed by atoms with E-state index >= 15 is 0 Å². The van der Waals surface area contributed by atoms with Gasteiger partial charge in [0.1, 0.15) is 0 Å². The molecule has 1 fully saturated rings. The molecule has 0 aromatic rings. The summed E-state index contributed by atoms with van der Waals surface area (Å²) >= 11 is 0. The van der Waals surface area contributed by atoms with Crippen LogP contribution in [0.3, 0.4) is 0 Å². The molecule has 0 aromatic carbocycles. The summed E-state index contributed by atoms with van der Waals surface area (Å²) in [4.78, 5) is 0. The molecule has 2 aliphatic rings. The molecule has 2 aliphatic carbocycles. The highest BCUT2D eigenvalue weighted by molar-refractivity contribution is 5.51. The minimum atomic E-state index is 0.181. The molecule has 31 heavy (non-hydrogen) atoms. The second-order valence-electron chi connectivity index (χ2n) is 8.95. The van der Waals surface area contributed by atoms with Gasteiger partial charge in [-0.05, 0) is 85.2 Å². The van der Waals surface area contributed by atoms with Crippen molar-refractivity contribution >= 4 is 0 Å². The van der Waals surface area contributed by atoms with E-state index in [0.717, 1.165) is 49.8 Å². The van der Waals surface area contributed by atoms with Crippen LogP contribution in [0, 0.1) is 17.8 Å². The van der Waals surface area contributed by atoms with E-state index in [1.165, 1.54) is 22.3 Å². The van der Waals surface area contributed by atoms with Gasteiger partial charge in [-0.1, -0.05) is 64.8 Å². The number of nitrogens with one attached hydrogen (secondary N) is 1. The van der Waals surface area contributed by atoms with E-state index in [1.807, 2.05) is 6.08 Å². The fraction of sp³-hybridized carbons (Fsp3) is 0.448. The molecule has 0 aromatic heterocycles. The summed E-state index contributed by atoms with van der Waals surface area (Å²) in [6, 6.07) is 0. The number of hydrogen-bond acceptors (Lipinski definition) is 2. The van der Waals surface area contributed by atoms with Gasteiger partial charge in [-0.2, -0.15) is 0 Å². The van der Waals surface area contributed by atoms with E-state index in [9.17, 15) is 5.11 Å². The fourth-order valence-corrected chi connectivity index (χ4v) is 4.42. The van der Waals surface area contributed by atoms with Crippen LogP contribution in [0.1, 0.15) is 66.2 Å². The summed E-state index contributed by atoms with van der Waals surface area (Å²) in [7, 11) is 0. The van der Waals surface area contributed by atoms with Crippen LogP contribution in [0.25, 0.3) is 0 Å². The molecular weight excluding hydrogens is 378 g/mol. The first-order valence-corrected chi connectivity index (χ1v) is 11.6. The zero-order valence-electron chi connectivity index (χ0n) is 19.9. The van der Waals surface area contributed by atoms with Gasteiger partial charge >= 0.3 is 0 Å². The maximum atomic E-state index is 10.6. The van der Waals surface area contributed by atoms with Crippen LogP contribution in [0.4, 0.5) is 0 Å². The lowest BCUT2D eigenvalue weighted by Gasteiger charge is -2.29. The molecule has 1 saturated carbocycles. The first-order chi connectivity index (χ1) is 14.9. The molecule has 0 spiro atoms. The van der Waals surface area contributed by atoms with E-state index in [-0.39, 0.29) is 5.76 Å². The minimum Gasteiger partial charge on any atom is -0.501 e. The monoisotopic (exact) mass is 417 g/mol. The van der Waals surface area contributed by atoms with Gasteiger partial charge in [0.2, 0.25) is 0 Å². The van der Waals surface area contributed by atoms with E-state index in [2.05, 4.69) is 76.4 Å². The van der Waals surface area contributed by atoms with Crippen LogP contribution in [0.5, 0.6) is 0 Å². The van der Waals surface area contributed by atoms with Crippen molar-refractivity contribution in [3.05, 3.63) is 94.9 Å². The maximum Gasteiger partial charge on any atom is 0.162 e. The van der Waals surface area contributed by atoms with Crippen LogP contribution < -0.4 is 5.32 Å². The minimum absolute atomic E-state index is 0.181. The lowest BCUT2D eigenvalue weighted by molar-refractivity contribution is 0.407. The summed E-state index contributed by atoms with van der Waals surface area (Å²) in [6.45, 7) is 20.4. The molecule has 1 unspecified atom stereocenters. The Labute approximate surface area is 189 Å². The van der Waals surface area contributed by atoms with Crippen molar-refractivity contribution in [2.24, 2.45) is 17.8 Å².